The van der Waals surface area contributed by atoms with E-state index in [-0.39, 0.29) is 5.97 Å². The Morgan fingerprint density at radius 1 is 0.931 bits per heavy atom. The standard InChI is InChI=1S/C24H25NO4/c1-2-23(26)28-17-7-5-3-4-6-8-19-9-13-21(14-10-19)24(27)29-22-15-11-20(18-25)12-16-22/h2,9-16H,1,3-8,17H2. The highest BCUT2D eigenvalue weighted by Crippen LogP contribution is 2.15. The minimum Gasteiger partial charge on any atom is -0.463 e. The maximum atomic E-state index is 12.2. The lowest BCUT2D eigenvalue weighted by molar-refractivity contribution is -0.137. The van der Waals surface area contributed by atoms with E-state index in [0.717, 1.165) is 38.5 Å². The number of unbranched alkanes of at least 4 members (excludes halogenated alkanes) is 4. The van der Waals surface area contributed by atoms with Crippen molar-refractivity contribution in [2.75, 3.05) is 6.61 Å². The SMILES string of the molecule is C=CC(=O)OCCCCCCCc1ccc(C(=O)Oc2ccc(C#N)cc2)cc1. The Hall–Kier alpha value is -3.39. The van der Waals surface area contributed by atoms with Gasteiger partial charge in [0.15, 0.2) is 0 Å². The molecule has 0 bridgehead atoms. The van der Waals surface area contributed by atoms with E-state index in [0.29, 0.717) is 23.5 Å². The molecule has 0 spiro atoms. The number of carbonyl (C=O) groups is 2. The summed E-state index contributed by atoms with van der Waals surface area (Å²) in [6.45, 7) is 3.81. The van der Waals surface area contributed by atoms with Gasteiger partial charge in [-0.1, -0.05) is 38.0 Å². The Labute approximate surface area is 171 Å². The summed E-state index contributed by atoms with van der Waals surface area (Å²) in [5.74, 6) is -0.370. The van der Waals surface area contributed by atoms with Gasteiger partial charge in [0.25, 0.3) is 0 Å². The van der Waals surface area contributed by atoms with Crippen LogP contribution < -0.4 is 4.74 Å². The van der Waals surface area contributed by atoms with Crippen LogP contribution in [0, 0.1) is 11.3 Å². The maximum absolute atomic E-state index is 12.2. The first kappa shape index (κ1) is 21.9. The molecular weight excluding hydrogens is 366 g/mol. The largest absolute Gasteiger partial charge is 0.463 e. The Morgan fingerprint density at radius 3 is 2.24 bits per heavy atom. The molecule has 0 heterocycles. The number of hydrogen-bond donors (Lipinski definition) is 0. The molecule has 0 radical (unpaired) electrons. The van der Waals surface area contributed by atoms with Crippen molar-refractivity contribution in [3.8, 4) is 11.8 Å². The fourth-order valence-corrected chi connectivity index (χ4v) is 2.76. The van der Waals surface area contributed by atoms with E-state index < -0.39 is 5.97 Å². The number of rotatable bonds is 11. The number of aryl methyl sites for hydroxylation is 1. The summed E-state index contributed by atoms with van der Waals surface area (Å²) in [6.07, 6.45) is 7.31. The topological polar surface area (TPSA) is 76.4 Å². The van der Waals surface area contributed by atoms with Crippen molar-refractivity contribution < 1.29 is 19.1 Å². The second-order valence-corrected chi connectivity index (χ2v) is 6.61. The Balaban J connectivity index is 1.66. The maximum Gasteiger partial charge on any atom is 0.343 e. The van der Waals surface area contributed by atoms with Gasteiger partial charge in [0, 0.05) is 6.08 Å². The van der Waals surface area contributed by atoms with Crippen molar-refractivity contribution in [2.45, 2.75) is 38.5 Å². The highest BCUT2D eigenvalue weighted by molar-refractivity contribution is 5.91. The molecule has 0 atom stereocenters. The Morgan fingerprint density at radius 2 is 1.59 bits per heavy atom. The van der Waals surface area contributed by atoms with Gasteiger partial charge in [-0.2, -0.15) is 5.26 Å². The molecule has 0 aromatic heterocycles. The van der Waals surface area contributed by atoms with Crippen LogP contribution in [0.5, 0.6) is 5.75 Å². The molecule has 150 valence electrons. The van der Waals surface area contributed by atoms with Gasteiger partial charge in [-0.15, -0.1) is 0 Å². The second-order valence-electron chi connectivity index (χ2n) is 6.61. The van der Waals surface area contributed by atoms with Gasteiger partial charge in [0.05, 0.1) is 23.8 Å². The van der Waals surface area contributed by atoms with Gasteiger partial charge in [-0.3, -0.25) is 0 Å². The van der Waals surface area contributed by atoms with Gasteiger partial charge in [0.1, 0.15) is 5.75 Å². The Bertz CT molecular complexity index is 848. The first-order valence-corrected chi connectivity index (χ1v) is 9.73. The Kier molecular flexibility index (Phi) is 9.17. The molecular formula is C24H25NO4. The first-order valence-electron chi connectivity index (χ1n) is 9.73. The third-order valence-corrected chi connectivity index (χ3v) is 4.40. The molecule has 0 unspecified atom stereocenters. The molecule has 0 aliphatic rings. The van der Waals surface area contributed by atoms with Crippen LogP contribution in [0.3, 0.4) is 0 Å². The van der Waals surface area contributed by atoms with E-state index >= 15 is 0 Å². The normalized spacial score (nSPS) is 10.0. The van der Waals surface area contributed by atoms with E-state index in [2.05, 4.69) is 6.58 Å². The number of ether oxygens (including phenoxy) is 2. The molecule has 2 aromatic rings. The monoisotopic (exact) mass is 391 g/mol. The third-order valence-electron chi connectivity index (χ3n) is 4.40. The molecule has 0 aliphatic carbocycles. The molecule has 0 fully saturated rings. The molecule has 0 amide bonds. The molecule has 29 heavy (non-hydrogen) atoms. The van der Waals surface area contributed by atoms with E-state index in [1.807, 2.05) is 18.2 Å². The lowest BCUT2D eigenvalue weighted by Crippen LogP contribution is -2.08. The molecule has 0 N–H and O–H groups in total. The lowest BCUT2D eigenvalue weighted by atomic mass is 10.0. The van der Waals surface area contributed by atoms with Crippen molar-refractivity contribution >= 4 is 11.9 Å². The van der Waals surface area contributed by atoms with Crippen molar-refractivity contribution in [1.29, 1.82) is 5.26 Å². The zero-order valence-corrected chi connectivity index (χ0v) is 16.4. The molecule has 2 aromatic carbocycles. The fraction of sp³-hybridized carbons (Fsp3) is 0.292. The molecule has 0 aliphatic heterocycles. The van der Waals surface area contributed by atoms with E-state index in [1.54, 1.807) is 36.4 Å². The summed E-state index contributed by atoms with van der Waals surface area (Å²) in [5, 5.41) is 8.79. The average Bonchev–Trinajstić information content (AvgIpc) is 2.76. The number of esters is 2. The van der Waals surface area contributed by atoms with Gasteiger partial charge >= 0.3 is 11.9 Å². The van der Waals surface area contributed by atoms with Crippen molar-refractivity contribution in [3.63, 3.8) is 0 Å². The van der Waals surface area contributed by atoms with Crippen LogP contribution >= 0.6 is 0 Å². The van der Waals surface area contributed by atoms with Crippen LogP contribution in [0.1, 0.15) is 53.6 Å². The number of nitriles is 1. The lowest BCUT2D eigenvalue weighted by Gasteiger charge is -2.06. The van der Waals surface area contributed by atoms with Crippen LogP contribution in [0.2, 0.25) is 0 Å². The molecule has 0 saturated carbocycles. The summed E-state index contributed by atoms with van der Waals surface area (Å²) in [5.41, 5.74) is 2.19. The minimum atomic E-state index is -0.418. The van der Waals surface area contributed by atoms with E-state index in [1.165, 1.54) is 11.6 Å². The van der Waals surface area contributed by atoms with Gasteiger partial charge in [-0.05, 0) is 61.2 Å². The van der Waals surface area contributed by atoms with Crippen molar-refractivity contribution in [1.82, 2.24) is 0 Å². The predicted molar refractivity (Wildman–Crippen MR) is 111 cm³/mol. The summed E-state index contributed by atoms with van der Waals surface area (Å²) in [7, 11) is 0. The summed E-state index contributed by atoms with van der Waals surface area (Å²) < 4.78 is 10.3. The average molecular weight is 391 g/mol. The number of hydrogen-bond acceptors (Lipinski definition) is 5. The van der Waals surface area contributed by atoms with Crippen LogP contribution in [0.15, 0.2) is 61.2 Å². The zero-order valence-electron chi connectivity index (χ0n) is 16.4. The third kappa shape index (κ3) is 8.02. The predicted octanol–water partition coefficient (Wildman–Crippen LogP) is 5.00. The minimum absolute atomic E-state index is 0.366. The fourth-order valence-electron chi connectivity index (χ4n) is 2.76. The summed E-state index contributed by atoms with van der Waals surface area (Å²) in [4.78, 5) is 23.1. The first-order chi connectivity index (χ1) is 14.1. The molecule has 5 nitrogen and oxygen atoms in total. The number of nitrogens with zero attached hydrogens (tertiary/aromatic N) is 1. The smallest absolute Gasteiger partial charge is 0.343 e. The van der Waals surface area contributed by atoms with Crippen LogP contribution in [-0.2, 0) is 16.0 Å². The molecule has 2 rings (SSSR count). The zero-order chi connectivity index (χ0) is 20.9. The van der Waals surface area contributed by atoms with Crippen LogP contribution in [0.4, 0.5) is 0 Å². The van der Waals surface area contributed by atoms with E-state index in [4.69, 9.17) is 14.7 Å². The summed E-state index contributed by atoms with van der Waals surface area (Å²) >= 11 is 0. The van der Waals surface area contributed by atoms with Crippen LogP contribution in [0.25, 0.3) is 0 Å². The molecule has 5 heteroatoms. The second kappa shape index (κ2) is 12.1. The van der Waals surface area contributed by atoms with Gasteiger partial charge in [-0.25, -0.2) is 9.59 Å². The highest BCUT2D eigenvalue weighted by atomic mass is 16.5. The number of carbonyl (C=O) groups excluding carboxylic acids is 2. The van der Waals surface area contributed by atoms with Gasteiger partial charge < -0.3 is 9.47 Å². The quantitative estimate of drug-likeness (QED) is 0.233. The summed E-state index contributed by atoms with van der Waals surface area (Å²) in [6, 6.07) is 15.9. The van der Waals surface area contributed by atoms with E-state index in [9.17, 15) is 9.59 Å². The van der Waals surface area contributed by atoms with Crippen LogP contribution in [-0.4, -0.2) is 18.5 Å². The van der Waals surface area contributed by atoms with Crippen molar-refractivity contribution in [2.24, 2.45) is 0 Å². The van der Waals surface area contributed by atoms with Crippen molar-refractivity contribution in [3.05, 3.63) is 77.9 Å². The highest BCUT2D eigenvalue weighted by Gasteiger charge is 2.08. The van der Waals surface area contributed by atoms with Gasteiger partial charge in [0.2, 0.25) is 0 Å². The molecule has 0 saturated heterocycles. The number of benzene rings is 2.